The zero-order valence-electron chi connectivity index (χ0n) is 16.4. The van der Waals surface area contributed by atoms with Crippen LogP contribution in [0.25, 0.3) is 0 Å². The van der Waals surface area contributed by atoms with E-state index in [4.69, 9.17) is 10.00 Å². The topological polar surface area (TPSA) is 65.4 Å². The minimum absolute atomic E-state index is 0.0491. The van der Waals surface area contributed by atoms with Gasteiger partial charge in [-0.2, -0.15) is 5.26 Å². The Balaban J connectivity index is 1.61. The quantitative estimate of drug-likeness (QED) is 0.779. The fraction of sp³-hybridized carbons (Fsp3) is 0.391. The van der Waals surface area contributed by atoms with Crippen molar-refractivity contribution in [3.05, 3.63) is 59.7 Å². The summed E-state index contributed by atoms with van der Waals surface area (Å²) in [5, 5.41) is 12.0. The number of benzene rings is 2. The monoisotopic (exact) mass is 377 g/mol. The lowest BCUT2D eigenvalue weighted by atomic mass is 10.0. The number of carbonyl (C=O) groups excluding carboxylic acids is 1. The minimum atomic E-state index is -0.0491. The average molecular weight is 377 g/mol. The van der Waals surface area contributed by atoms with Crippen LogP contribution >= 0.6 is 0 Å². The Bertz CT molecular complexity index is 842. The Hall–Kier alpha value is -2.84. The lowest BCUT2D eigenvalue weighted by molar-refractivity contribution is -0.122. The van der Waals surface area contributed by atoms with Crippen molar-refractivity contribution in [2.45, 2.75) is 45.3 Å². The first-order valence-electron chi connectivity index (χ1n) is 9.96. The highest BCUT2D eigenvalue weighted by Crippen LogP contribution is 2.22. The van der Waals surface area contributed by atoms with E-state index in [1.54, 1.807) is 6.07 Å². The maximum atomic E-state index is 12.8. The highest BCUT2D eigenvalue weighted by Gasteiger charge is 2.27. The molecule has 146 valence electrons. The van der Waals surface area contributed by atoms with Crippen LogP contribution in [0.4, 0.5) is 5.69 Å². The number of nitrogens with zero attached hydrogens (tertiary/aromatic N) is 2. The zero-order valence-corrected chi connectivity index (χ0v) is 16.4. The molecule has 0 aromatic heterocycles. The summed E-state index contributed by atoms with van der Waals surface area (Å²) >= 11 is 0. The number of nitrogens with one attached hydrogen (secondary N) is 1. The molecule has 1 fully saturated rings. The molecule has 2 aromatic carbocycles. The minimum Gasteiger partial charge on any atom is -0.489 e. The number of likely N-dealkylation sites (tertiary alicyclic amines) is 1. The molecule has 0 radical (unpaired) electrons. The first kappa shape index (κ1) is 19.9. The van der Waals surface area contributed by atoms with E-state index in [0.29, 0.717) is 17.9 Å². The number of ether oxygens (including phenoxy) is 1. The van der Waals surface area contributed by atoms with Gasteiger partial charge in [0.05, 0.1) is 17.7 Å². The zero-order chi connectivity index (χ0) is 19.8. The van der Waals surface area contributed by atoms with Gasteiger partial charge in [-0.3, -0.25) is 9.69 Å². The van der Waals surface area contributed by atoms with E-state index in [1.807, 2.05) is 42.5 Å². The molecule has 1 aliphatic rings. The number of hydrogen-bond donors (Lipinski definition) is 1. The van der Waals surface area contributed by atoms with E-state index in [1.165, 1.54) is 6.42 Å². The molecule has 1 N–H and O–H groups in total. The lowest BCUT2D eigenvalue weighted by Crippen LogP contribution is -2.47. The molecule has 1 heterocycles. The van der Waals surface area contributed by atoms with Crippen molar-refractivity contribution >= 4 is 11.6 Å². The highest BCUT2D eigenvalue weighted by molar-refractivity contribution is 5.95. The number of piperidine rings is 1. The molecule has 28 heavy (non-hydrogen) atoms. The fourth-order valence-electron chi connectivity index (χ4n) is 3.63. The van der Waals surface area contributed by atoms with E-state index < -0.39 is 0 Å². The smallest absolute Gasteiger partial charge is 0.241 e. The van der Waals surface area contributed by atoms with Gasteiger partial charge in [-0.1, -0.05) is 31.5 Å². The Morgan fingerprint density at radius 2 is 2.11 bits per heavy atom. The summed E-state index contributed by atoms with van der Waals surface area (Å²) in [6.45, 7) is 4.48. The molecule has 1 unspecified atom stereocenters. The SMILES string of the molecule is CCCN1CCCCC1C(=O)Nc1cccc(OCc2cccc(C#N)c2)c1. The van der Waals surface area contributed by atoms with Crippen LogP contribution in [-0.2, 0) is 11.4 Å². The Morgan fingerprint density at radius 1 is 1.25 bits per heavy atom. The van der Waals surface area contributed by atoms with Crippen LogP contribution in [-0.4, -0.2) is 29.9 Å². The van der Waals surface area contributed by atoms with Gasteiger partial charge in [0.25, 0.3) is 0 Å². The predicted octanol–water partition coefficient (Wildman–Crippen LogP) is 4.34. The summed E-state index contributed by atoms with van der Waals surface area (Å²) in [7, 11) is 0. The second-order valence-corrected chi connectivity index (χ2v) is 7.17. The van der Waals surface area contributed by atoms with Crippen LogP contribution in [0.3, 0.4) is 0 Å². The van der Waals surface area contributed by atoms with Crippen molar-refractivity contribution in [1.29, 1.82) is 5.26 Å². The molecule has 5 nitrogen and oxygen atoms in total. The van der Waals surface area contributed by atoms with Gasteiger partial charge in [0.1, 0.15) is 12.4 Å². The second kappa shape index (κ2) is 9.91. The number of nitriles is 1. The summed E-state index contributed by atoms with van der Waals surface area (Å²) in [5.74, 6) is 0.751. The van der Waals surface area contributed by atoms with Crippen molar-refractivity contribution < 1.29 is 9.53 Å². The molecule has 0 saturated carbocycles. The molecular weight excluding hydrogens is 350 g/mol. The highest BCUT2D eigenvalue weighted by atomic mass is 16.5. The van der Waals surface area contributed by atoms with Crippen LogP contribution in [0.1, 0.15) is 43.7 Å². The van der Waals surface area contributed by atoms with Crippen molar-refractivity contribution in [2.24, 2.45) is 0 Å². The average Bonchev–Trinajstić information content (AvgIpc) is 2.73. The molecular formula is C23H27N3O2. The largest absolute Gasteiger partial charge is 0.489 e. The van der Waals surface area contributed by atoms with E-state index >= 15 is 0 Å². The first-order valence-corrected chi connectivity index (χ1v) is 9.96. The van der Waals surface area contributed by atoms with E-state index in [9.17, 15) is 4.79 Å². The maximum Gasteiger partial charge on any atom is 0.241 e. The molecule has 1 aliphatic heterocycles. The predicted molar refractivity (Wildman–Crippen MR) is 110 cm³/mol. The normalized spacial score (nSPS) is 16.9. The van der Waals surface area contributed by atoms with Gasteiger partial charge in [0.2, 0.25) is 5.91 Å². The number of rotatable bonds is 7. The first-order chi connectivity index (χ1) is 13.7. The van der Waals surface area contributed by atoms with E-state index in [-0.39, 0.29) is 11.9 Å². The Morgan fingerprint density at radius 3 is 2.93 bits per heavy atom. The Labute approximate surface area is 166 Å². The third kappa shape index (κ3) is 5.34. The van der Waals surface area contributed by atoms with Gasteiger partial charge in [-0.05, 0) is 62.2 Å². The van der Waals surface area contributed by atoms with Crippen molar-refractivity contribution in [3.63, 3.8) is 0 Å². The van der Waals surface area contributed by atoms with Gasteiger partial charge >= 0.3 is 0 Å². The molecule has 0 aliphatic carbocycles. The summed E-state index contributed by atoms with van der Waals surface area (Å²) in [6.07, 6.45) is 4.24. The van der Waals surface area contributed by atoms with Crippen LogP contribution in [0.5, 0.6) is 5.75 Å². The molecule has 2 aromatic rings. The summed E-state index contributed by atoms with van der Waals surface area (Å²) in [6, 6.07) is 16.9. The van der Waals surface area contributed by atoms with E-state index in [2.05, 4.69) is 23.2 Å². The lowest BCUT2D eigenvalue weighted by Gasteiger charge is -2.34. The van der Waals surface area contributed by atoms with Crippen LogP contribution < -0.4 is 10.1 Å². The molecule has 1 saturated heterocycles. The maximum absolute atomic E-state index is 12.8. The number of hydrogen-bond acceptors (Lipinski definition) is 4. The number of amides is 1. The summed E-state index contributed by atoms with van der Waals surface area (Å²) in [4.78, 5) is 15.1. The Kier molecular flexibility index (Phi) is 7.05. The third-order valence-electron chi connectivity index (χ3n) is 4.99. The van der Waals surface area contributed by atoms with Gasteiger partial charge in [0, 0.05) is 11.8 Å². The molecule has 0 spiro atoms. The fourth-order valence-corrected chi connectivity index (χ4v) is 3.63. The molecule has 1 amide bonds. The van der Waals surface area contributed by atoms with Crippen LogP contribution in [0.2, 0.25) is 0 Å². The van der Waals surface area contributed by atoms with Crippen molar-refractivity contribution in [3.8, 4) is 11.8 Å². The second-order valence-electron chi connectivity index (χ2n) is 7.17. The number of carbonyl (C=O) groups is 1. The molecule has 3 rings (SSSR count). The molecule has 0 bridgehead atoms. The van der Waals surface area contributed by atoms with Crippen molar-refractivity contribution in [2.75, 3.05) is 18.4 Å². The van der Waals surface area contributed by atoms with Gasteiger partial charge < -0.3 is 10.1 Å². The van der Waals surface area contributed by atoms with Gasteiger partial charge in [-0.25, -0.2) is 0 Å². The van der Waals surface area contributed by atoms with Crippen molar-refractivity contribution in [1.82, 2.24) is 4.90 Å². The van der Waals surface area contributed by atoms with E-state index in [0.717, 1.165) is 43.6 Å². The molecule has 1 atom stereocenters. The number of anilines is 1. The van der Waals surface area contributed by atoms with Crippen LogP contribution in [0, 0.1) is 11.3 Å². The van der Waals surface area contributed by atoms with Gasteiger partial charge in [0.15, 0.2) is 0 Å². The summed E-state index contributed by atoms with van der Waals surface area (Å²) < 4.78 is 5.85. The van der Waals surface area contributed by atoms with Crippen LogP contribution in [0.15, 0.2) is 48.5 Å². The summed E-state index contributed by atoms with van der Waals surface area (Å²) in [5.41, 5.74) is 2.30. The standard InChI is InChI=1S/C23H27N3O2/c1-2-12-26-13-4-3-11-22(26)23(27)25-20-9-6-10-21(15-20)28-17-19-8-5-7-18(14-19)16-24/h5-10,14-15,22H,2-4,11-13,17H2,1H3,(H,25,27). The third-order valence-corrected chi connectivity index (χ3v) is 4.99. The molecule has 5 heteroatoms. The van der Waals surface area contributed by atoms with Gasteiger partial charge in [-0.15, -0.1) is 0 Å².